The van der Waals surface area contributed by atoms with Gasteiger partial charge in [0, 0.05) is 24.0 Å². The Morgan fingerprint density at radius 3 is 2.35 bits per heavy atom. The minimum Gasteiger partial charge on any atom is -0.339 e. The second kappa shape index (κ2) is 8.30. The third-order valence-corrected chi connectivity index (χ3v) is 4.24. The number of hydrogen-bond donors (Lipinski definition) is 0. The van der Waals surface area contributed by atoms with Crippen LogP contribution in [0.25, 0.3) is 10.9 Å². The van der Waals surface area contributed by atoms with Crippen LogP contribution >= 0.6 is 11.6 Å². The molecule has 0 radical (unpaired) electrons. The number of carbonyl (C=O) groups excluding carboxylic acids is 1. The number of para-hydroxylation sites is 1. The van der Waals surface area contributed by atoms with E-state index in [9.17, 15) is 4.79 Å². The Bertz CT molecular complexity index is 678. The molecule has 0 aliphatic heterocycles. The van der Waals surface area contributed by atoms with Gasteiger partial charge < -0.3 is 4.90 Å². The summed E-state index contributed by atoms with van der Waals surface area (Å²) in [6.45, 7) is 7.83. The molecule has 2 aromatic rings. The molecule has 0 saturated carbocycles. The first kappa shape index (κ1) is 17.7. The molecule has 2 rings (SSSR count). The van der Waals surface area contributed by atoms with Gasteiger partial charge in [-0.15, -0.1) is 0 Å². The molecule has 3 nitrogen and oxygen atoms in total. The number of nitrogens with zero attached hydrogens (tertiary/aromatic N) is 2. The zero-order valence-corrected chi connectivity index (χ0v) is 15.0. The lowest BCUT2D eigenvalue weighted by molar-refractivity contribution is 0.0756. The van der Waals surface area contributed by atoms with Crippen LogP contribution in [0.2, 0.25) is 5.15 Å². The maximum absolute atomic E-state index is 13.2. The molecular weight excluding hydrogens is 308 g/mol. The van der Waals surface area contributed by atoms with E-state index < -0.39 is 0 Å². The average molecular weight is 333 g/mol. The molecule has 1 heterocycles. The Morgan fingerprint density at radius 2 is 1.74 bits per heavy atom. The molecule has 1 aromatic carbocycles. The van der Waals surface area contributed by atoms with Gasteiger partial charge in [-0.3, -0.25) is 4.79 Å². The van der Waals surface area contributed by atoms with Crippen molar-refractivity contribution >= 4 is 28.4 Å². The zero-order chi connectivity index (χ0) is 16.8. The molecule has 0 aliphatic rings. The summed E-state index contributed by atoms with van der Waals surface area (Å²) in [5.74, 6) is 0.0812. The van der Waals surface area contributed by atoms with E-state index in [-0.39, 0.29) is 5.91 Å². The third kappa shape index (κ3) is 3.84. The second-order valence-corrected chi connectivity index (χ2v) is 6.17. The molecule has 0 saturated heterocycles. The molecule has 0 atom stereocenters. The molecule has 1 aromatic heterocycles. The summed E-state index contributed by atoms with van der Waals surface area (Å²) >= 11 is 6.41. The maximum atomic E-state index is 13.2. The highest BCUT2D eigenvalue weighted by Gasteiger charge is 2.23. The maximum Gasteiger partial charge on any atom is 0.254 e. The van der Waals surface area contributed by atoms with E-state index in [0.717, 1.165) is 60.8 Å². The number of carbonyl (C=O) groups is 1. The Hall–Kier alpha value is -1.61. The number of aromatic nitrogens is 1. The van der Waals surface area contributed by atoms with Crippen molar-refractivity contribution in [2.24, 2.45) is 0 Å². The highest BCUT2D eigenvalue weighted by Crippen LogP contribution is 2.29. The summed E-state index contributed by atoms with van der Waals surface area (Å²) in [6.07, 6.45) is 3.60. The molecule has 4 heteroatoms. The number of benzene rings is 1. The van der Waals surface area contributed by atoms with E-state index in [4.69, 9.17) is 11.6 Å². The van der Waals surface area contributed by atoms with Gasteiger partial charge in [0.05, 0.1) is 11.1 Å². The fourth-order valence-electron chi connectivity index (χ4n) is 2.96. The van der Waals surface area contributed by atoms with E-state index in [1.54, 1.807) is 0 Å². The molecule has 23 heavy (non-hydrogen) atoms. The van der Waals surface area contributed by atoms with Crippen LogP contribution in [0.5, 0.6) is 0 Å². The first-order valence-electron chi connectivity index (χ1n) is 8.50. The fourth-order valence-corrected chi connectivity index (χ4v) is 3.24. The molecular formula is C19H25ClN2O. The average Bonchev–Trinajstić information content (AvgIpc) is 2.55. The van der Waals surface area contributed by atoms with Crippen LogP contribution in [0.15, 0.2) is 24.3 Å². The van der Waals surface area contributed by atoms with Crippen molar-refractivity contribution in [1.29, 1.82) is 0 Å². The highest BCUT2D eigenvalue weighted by molar-refractivity contribution is 6.31. The minimum atomic E-state index is 0.0812. The predicted molar refractivity (Wildman–Crippen MR) is 97.2 cm³/mol. The van der Waals surface area contributed by atoms with Gasteiger partial charge in [-0.25, -0.2) is 4.98 Å². The van der Waals surface area contributed by atoms with Gasteiger partial charge in [-0.1, -0.05) is 57.0 Å². The van der Waals surface area contributed by atoms with Gasteiger partial charge in [-0.2, -0.15) is 0 Å². The standard InChI is InChI=1S/C19H25ClN2O/c1-4-9-15-17(19(23)22(12-5-2)13-6-3)14-10-7-8-11-16(14)21-18(15)20/h7-8,10-11H,4-6,9,12-13H2,1-3H3. The first-order chi connectivity index (χ1) is 11.1. The molecule has 0 unspecified atom stereocenters. The summed E-state index contributed by atoms with van der Waals surface area (Å²) < 4.78 is 0. The Balaban J connectivity index is 2.63. The van der Waals surface area contributed by atoms with Crippen molar-refractivity contribution in [2.45, 2.75) is 46.5 Å². The molecule has 0 N–H and O–H groups in total. The Kier molecular flexibility index (Phi) is 6.40. The molecule has 0 aliphatic carbocycles. The summed E-state index contributed by atoms with van der Waals surface area (Å²) in [6, 6.07) is 7.77. The monoisotopic (exact) mass is 332 g/mol. The molecule has 1 amide bonds. The molecule has 124 valence electrons. The number of rotatable bonds is 7. The smallest absolute Gasteiger partial charge is 0.254 e. The van der Waals surface area contributed by atoms with Gasteiger partial charge in [0.15, 0.2) is 0 Å². The lowest BCUT2D eigenvalue weighted by atomic mass is 9.99. The number of halogens is 1. The van der Waals surface area contributed by atoms with Crippen molar-refractivity contribution in [3.63, 3.8) is 0 Å². The van der Waals surface area contributed by atoms with Crippen LogP contribution in [0.1, 0.15) is 56.0 Å². The topological polar surface area (TPSA) is 33.2 Å². The van der Waals surface area contributed by atoms with E-state index in [1.165, 1.54) is 0 Å². The van der Waals surface area contributed by atoms with Gasteiger partial charge >= 0.3 is 0 Å². The van der Waals surface area contributed by atoms with Crippen LogP contribution in [-0.2, 0) is 6.42 Å². The Labute approximate surface area is 143 Å². The SMILES string of the molecule is CCCc1c(Cl)nc2ccccc2c1C(=O)N(CCC)CCC. The van der Waals surface area contributed by atoms with Crippen LogP contribution in [0.4, 0.5) is 0 Å². The largest absolute Gasteiger partial charge is 0.339 e. The fraction of sp³-hybridized carbons (Fsp3) is 0.474. The van der Waals surface area contributed by atoms with Gasteiger partial charge in [0.25, 0.3) is 5.91 Å². The van der Waals surface area contributed by atoms with Crippen LogP contribution in [-0.4, -0.2) is 28.9 Å². The summed E-state index contributed by atoms with van der Waals surface area (Å²) in [7, 11) is 0. The summed E-state index contributed by atoms with van der Waals surface area (Å²) in [5, 5.41) is 1.37. The van der Waals surface area contributed by atoms with Crippen molar-refractivity contribution in [2.75, 3.05) is 13.1 Å². The number of pyridine rings is 1. The van der Waals surface area contributed by atoms with Crippen molar-refractivity contribution in [3.8, 4) is 0 Å². The first-order valence-corrected chi connectivity index (χ1v) is 8.88. The second-order valence-electron chi connectivity index (χ2n) is 5.82. The normalized spacial score (nSPS) is 11.0. The molecule has 0 spiro atoms. The van der Waals surface area contributed by atoms with E-state index in [0.29, 0.717) is 5.15 Å². The van der Waals surface area contributed by atoms with Gasteiger partial charge in [-0.05, 0) is 25.3 Å². The number of amides is 1. The van der Waals surface area contributed by atoms with E-state index in [2.05, 4.69) is 25.8 Å². The predicted octanol–water partition coefficient (Wildman–Crippen LogP) is 5.10. The number of hydrogen-bond acceptors (Lipinski definition) is 2. The third-order valence-electron chi connectivity index (χ3n) is 3.93. The van der Waals surface area contributed by atoms with Crippen LogP contribution in [0.3, 0.4) is 0 Å². The van der Waals surface area contributed by atoms with Crippen molar-refractivity contribution < 1.29 is 4.79 Å². The van der Waals surface area contributed by atoms with Crippen LogP contribution in [0, 0.1) is 0 Å². The quantitative estimate of drug-likeness (QED) is 0.660. The van der Waals surface area contributed by atoms with Gasteiger partial charge in [0.1, 0.15) is 5.15 Å². The van der Waals surface area contributed by atoms with E-state index in [1.807, 2.05) is 29.2 Å². The zero-order valence-electron chi connectivity index (χ0n) is 14.2. The molecule has 0 bridgehead atoms. The minimum absolute atomic E-state index is 0.0812. The van der Waals surface area contributed by atoms with Gasteiger partial charge in [0.2, 0.25) is 0 Å². The summed E-state index contributed by atoms with van der Waals surface area (Å²) in [4.78, 5) is 19.7. The molecule has 0 fully saturated rings. The Morgan fingerprint density at radius 1 is 1.09 bits per heavy atom. The van der Waals surface area contributed by atoms with E-state index >= 15 is 0 Å². The number of fused-ring (bicyclic) bond motifs is 1. The van der Waals surface area contributed by atoms with Crippen molar-refractivity contribution in [3.05, 3.63) is 40.5 Å². The lowest BCUT2D eigenvalue weighted by Gasteiger charge is -2.24. The lowest BCUT2D eigenvalue weighted by Crippen LogP contribution is -2.33. The van der Waals surface area contributed by atoms with Crippen molar-refractivity contribution in [1.82, 2.24) is 9.88 Å². The summed E-state index contributed by atoms with van der Waals surface area (Å²) in [5.41, 5.74) is 2.41. The highest BCUT2D eigenvalue weighted by atomic mass is 35.5. The van der Waals surface area contributed by atoms with Crippen LogP contribution < -0.4 is 0 Å².